The van der Waals surface area contributed by atoms with E-state index in [1.807, 2.05) is 12.4 Å². The van der Waals surface area contributed by atoms with Crippen molar-refractivity contribution in [2.45, 2.75) is 58.4 Å². The molecule has 1 unspecified atom stereocenters. The first-order chi connectivity index (χ1) is 9.55. The van der Waals surface area contributed by atoms with Crippen LogP contribution in [0.5, 0.6) is 0 Å². The number of nitrogens with zero attached hydrogens (tertiary/aromatic N) is 1. The van der Waals surface area contributed by atoms with E-state index in [1.54, 1.807) is 0 Å². The highest BCUT2D eigenvalue weighted by molar-refractivity contribution is 9.10. The number of halogens is 1. The molecule has 1 atom stereocenters. The molecule has 4 heteroatoms. The SMILES string of the molecule is CC(C)CC1(C(Cc2cncc(Br)c2)NN)CCCC1. The van der Waals surface area contributed by atoms with Crippen molar-refractivity contribution in [3.05, 3.63) is 28.5 Å². The summed E-state index contributed by atoms with van der Waals surface area (Å²) in [5.41, 5.74) is 4.72. The Balaban J connectivity index is 2.16. The summed E-state index contributed by atoms with van der Waals surface area (Å²) < 4.78 is 1.04. The van der Waals surface area contributed by atoms with E-state index in [0.717, 1.165) is 10.9 Å². The van der Waals surface area contributed by atoms with Crippen LogP contribution < -0.4 is 11.3 Å². The third-order valence-corrected chi connectivity index (χ3v) is 4.99. The van der Waals surface area contributed by atoms with Crippen LogP contribution >= 0.6 is 15.9 Å². The molecule has 3 N–H and O–H groups in total. The summed E-state index contributed by atoms with van der Waals surface area (Å²) in [6.07, 6.45) is 11.2. The number of nitrogens with one attached hydrogen (secondary N) is 1. The summed E-state index contributed by atoms with van der Waals surface area (Å²) in [6, 6.07) is 2.48. The van der Waals surface area contributed by atoms with Crippen LogP contribution in [0.15, 0.2) is 22.9 Å². The summed E-state index contributed by atoms with van der Waals surface area (Å²) >= 11 is 3.50. The lowest BCUT2D eigenvalue weighted by molar-refractivity contribution is 0.154. The average molecular weight is 340 g/mol. The first-order valence-corrected chi connectivity index (χ1v) is 8.40. The lowest BCUT2D eigenvalue weighted by Crippen LogP contribution is -2.49. The van der Waals surface area contributed by atoms with Crippen LogP contribution in [0, 0.1) is 11.3 Å². The molecular weight excluding hydrogens is 314 g/mol. The van der Waals surface area contributed by atoms with Gasteiger partial charge in [-0.3, -0.25) is 16.3 Å². The molecule has 0 spiro atoms. The number of pyridine rings is 1. The van der Waals surface area contributed by atoms with E-state index in [2.05, 4.69) is 46.3 Å². The van der Waals surface area contributed by atoms with Crippen molar-refractivity contribution in [1.82, 2.24) is 10.4 Å². The molecule has 0 saturated heterocycles. The van der Waals surface area contributed by atoms with Crippen molar-refractivity contribution >= 4 is 15.9 Å². The predicted molar refractivity (Wildman–Crippen MR) is 87.1 cm³/mol. The molecule has 0 aromatic carbocycles. The summed E-state index contributed by atoms with van der Waals surface area (Å²) in [5, 5.41) is 0. The minimum Gasteiger partial charge on any atom is -0.271 e. The Labute approximate surface area is 130 Å². The van der Waals surface area contributed by atoms with Crippen molar-refractivity contribution < 1.29 is 0 Å². The molecule has 1 fully saturated rings. The lowest BCUT2D eigenvalue weighted by Gasteiger charge is -2.39. The highest BCUT2D eigenvalue weighted by Gasteiger charge is 2.41. The lowest BCUT2D eigenvalue weighted by atomic mass is 9.71. The minimum atomic E-state index is 0.337. The monoisotopic (exact) mass is 339 g/mol. The molecular formula is C16H26BrN3. The Morgan fingerprint density at radius 1 is 1.35 bits per heavy atom. The molecule has 1 aromatic rings. The molecule has 0 bridgehead atoms. The van der Waals surface area contributed by atoms with Gasteiger partial charge in [0.25, 0.3) is 0 Å². The van der Waals surface area contributed by atoms with E-state index in [-0.39, 0.29) is 0 Å². The van der Waals surface area contributed by atoms with Gasteiger partial charge >= 0.3 is 0 Å². The van der Waals surface area contributed by atoms with Crippen LogP contribution in [-0.2, 0) is 6.42 Å². The molecule has 2 rings (SSSR count). The first-order valence-electron chi connectivity index (χ1n) is 7.61. The zero-order valence-electron chi connectivity index (χ0n) is 12.5. The normalized spacial score (nSPS) is 19.4. The Hall–Kier alpha value is -0.450. The van der Waals surface area contributed by atoms with E-state index in [0.29, 0.717) is 17.4 Å². The Kier molecular flexibility index (Phi) is 5.58. The Morgan fingerprint density at radius 2 is 2.05 bits per heavy atom. The molecule has 1 aliphatic rings. The first kappa shape index (κ1) is 15.9. The van der Waals surface area contributed by atoms with E-state index in [4.69, 9.17) is 5.84 Å². The highest BCUT2D eigenvalue weighted by Crippen LogP contribution is 2.46. The Bertz CT molecular complexity index is 427. The number of hydrogen-bond acceptors (Lipinski definition) is 3. The smallest absolute Gasteiger partial charge is 0.0410 e. The minimum absolute atomic E-state index is 0.337. The van der Waals surface area contributed by atoms with E-state index < -0.39 is 0 Å². The van der Waals surface area contributed by atoms with Crippen LogP contribution in [-0.4, -0.2) is 11.0 Å². The summed E-state index contributed by atoms with van der Waals surface area (Å²) in [5.74, 6) is 6.63. The van der Waals surface area contributed by atoms with Crippen molar-refractivity contribution in [3.8, 4) is 0 Å². The summed E-state index contributed by atoms with van der Waals surface area (Å²) in [7, 11) is 0. The quantitative estimate of drug-likeness (QED) is 0.611. The molecule has 3 nitrogen and oxygen atoms in total. The maximum atomic E-state index is 5.92. The maximum absolute atomic E-state index is 5.92. The van der Waals surface area contributed by atoms with Crippen molar-refractivity contribution in [2.24, 2.45) is 17.2 Å². The molecule has 1 aromatic heterocycles. The van der Waals surface area contributed by atoms with Gasteiger partial charge in [-0.05, 0) is 64.6 Å². The van der Waals surface area contributed by atoms with Crippen LogP contribution in [0.4, 0.5) is 0 Å². The largest absolute Gasteiger partial charge is 0.271 e. The second-order valence-corrected chi connectivity index (χ2v) is 7.52. The zero-order valence-corrected chi connectivity index (χ0v) is 14.1. The van der Waals surface area contributed by atoms with Crippen LogP contribution in [0.2, 0.25) is 0 Å². The second-order valence-electron chi connectivity index (χ2n) is 6.60. The van der Waals surface area contributed by atoms with Crippen LogP contribution in [0.3, 0.4) is 0 Å². The summed E-state index contributed by atoms with van der Waals surface area (Å²) in [6.45, 7) is 4.63. The van der Waals surface area contributed by atoms with E-state index >= 15 is 0 Å². The number of nitrogens with two attached hydrogens (primary N) is 1. The fourth-order valence-corrected chi connectivity index (χ4v) is 4.25. The fraction of sp³-hybridized carbons (Fsp3) is 0.688. The highest BCUT2D eigenvalue weighted by atomic mass is 79.9. The molecule has 0 aliphatic heterocycles. The van der Waals surface area contributed by atoms with Gasteiger partial charge in [-0.25, -0.2) is 0 Å². The number of rotatable bonds is 6. The van der Waals surface area contributed by atoms with Crippen LogP contribution in [0.25, 0.3) is 0 Å². The van der Waals surface area contributed by atoms with E-state index in [1.165, 1.54) is 37.7 Å². The third kappa shape index (κ3) is 3.80. The van der Waals surface area contributed by atoms with E-state index in [9.17, 15) is 0 Å². The zero-order chi connectivity index (χ0) is 14.6. The standard InChI is InChI=1S/C16H26BrN3/c1-12(2)9-16(5-3-4-6-16)15(20-18)8-13-7-14(17)11-19-10-13/h7,10-12,15,20H,3-6,8-9,18H2,1-2H3. The third-order valence-electron chi connectivity index (χ3n) is 4.56. The molecule has 112 valence electrons. The second kappa shape index (κ2) is 7.01. The number of hydrazine groups is 1. The molecule has 20 heavy (non-hydrogen) atoms. The molecule has 1 heterocycles. The maximum Gasteiger partial charge on any atom is 0.0410 e. The van der Waals surface area contributed by atoms with Gasteiger partial charge in [0.1, 0.15) is 0 Å². The molecule has 1 saturated carbocycles. The van der Waals surface area contributed by atoms with Gasteiger partial charge < -0.3 is 0 Å². The van der Waals surface area contributed by atoms with Crippen molar-refractivity contribution in [3.63, 3.8) is 0 Å². The van der Waals surface area contributed by atoms with Crippen LogP contribution in [0.1, 0.15) is 51.5 Å². The molecule has 0 radical (unpaired) electrons. The van der Waals surface area contributed by atoms with Gasteiger partial charge in [0.15, 0.2) is 0 Å². The van der Waals surface area contributed by atoms with Gasteiger partial charge in [0.2, 0.25) is 0 Å². The van der Waals surface area contributed by atoms with Gasteiger partial charge in [-0.2, -0.15) is 0 Å². The number of hydrogen-bond donors (Lipinski definition) is 2. The Morgan fingerprint density at radius 3 is 2.60 bits per heavy atom. The van der Waals surface area contributed by atoms with Crippen molar-refractivity contribution in [2.75, 3.05) is 0 Å². The van der Waals surface area contributed by atoms with Crippen molar-refractivity contribution in [1.29, 1.82) is 0 Å². The van der Waals surface area contributed by atoms with Gasteiger partial charge in [-0.1, -0.05) is 26.7 Å². The van der Waals surface area contributed by atoms with Gasteiger partial charge in [0, 0.05) is 22.9 Å². The predicted octanol–water partition coefficient (Wildman–Crippen LogP) is 3.83. The molecule has 1 aliphatic carbocycles. The van der Waals surface area contributed by atoms with Gasteiger partial charge in [0.05, 0.1) is 0 Å². The van der Waals surface area contributed by atoms with Gasteiger partial charge in [-0.15, -0.1) is 0 Å². The summed E-state index contributed by atoms with van der Waals surface area (Å²) in [4.78, 5) is 4.27. The average Bonchev–Trinajstić information content (AvgIpc) is 2.84. The number of aromatic nitrogens is 1. The molecule has 0 amide bonds. The topological polar surface area (TPSA) is 50.9 Å². The fourth-order valence-electron chi connectivity index (χ4n) is 3.84.